The Morgan fingerprint density at radius 3 is 2.53 bits per heavy atom. The Balaban J connectivity index is 1.53. The summed E-state index contributed by atoms with van der Waals surface area (Å²) in [5, 5.41) is 7.00. The van der Waals surface area contributed by atoms with Crippen molar-refractivity contribution in [3.05, 3.63) is 82.7 Å². The summed E-state index contributed by atoms with van der Waals surface area (Å²) in [4.78, 5) is 27.3. The number of aryl methyl sites for hydroxylation is 2. The van der Waals surface area contributed by atoms with Crippen molar-refractivity contribution in [2.45, 2.75) is 26.4 Å². The minimum absolute atomic E-state index is 0.116. The Kier molecular flexibility index (Phi) is 5.31. The second kappa shape index (κ2) is 8.06. The lowest BCUT2D eigenvalue weighted by Gasteiger charge is -2.20. The summed E-state index contributed by atoms with van der Waals surface area (Å²) < 4.78 is 27.9. The molecule has 3 aromatic rings. The molecule has 2 heterocycles. The molecule has 0 saturated heterocycles. The van der Waals surface area contributed by atoms with Gasteiger partial charge in [0.15, 0.2) is 5.69 Å². The highest BCUT2D eigenvalue weighted by atomic mass is 19.1. The summed E-state index contributed by atoms with van der Waals surface area (Å²) in [5.74, 6) is -1.42. The number of hydrogen-bond donors (Lipinski definition) is 1. The number of amides is 2. The molecule has 0 aliphatic carbocycles. The largest absolute Gasteiger partial charge is 0.333 e. The molecule has 6 nitrogen and oxygen atoms in total. The maximum absolute atomic E-state index is 13.3. The maximum atomic E-state index is 13.3. The van der Waals surface area contributed by atoms with E-state index in [4.69, 9.17) is 0 Å². The van der Waals surface area contributed by atoms with Crippen LogP contribution < -0.4 is 5.32 Å². The van der Waals surface area contributed by atoms with Crippen LogP contribution in [0.4, 0.5) is 14.5 Å². The van der Waals surface area contributed by atoms with Gasteiger partial charge < -0.3 is 10.2 Å². The van der Waals surface area contributed by atoms with Crippen molar-refractivity contribution < 1.29 is 18.4 Å². The van der Waals surface area contributed by atoms with Crippen LogP contribution >= 0.6 is 0 Å². The number of anilines is 1. The van der Waals surface area contributed by atoms with E-state index in [2.05, 4.69) is 10.4 Å². The van der Waals surface area contributed by atoms with Gasteiger partial charge in [0.25, 0.3) is 11.8 Å². The van der Waals surface area contributed by atoms with Crippen LogP contribution in [0.3, 0.4) is 0 Å². The van der Waals surface area contributed by atoms with Crippen molar-refractivity contribution in [3.8, 4) is 0 Å². The summed E-state index contributed by atoms with van der Waals surface area (Å²) in [6, 6.07) is 11.6. The van der Waals surface area contributed by atoms with Gasteiger partial charge >= 0.3 is 0 Å². The van der Waals surface area contributed by atoms with E-state index in [1.807, 2.05) is 0 Å². The SMILES string of the molecule is Cc1cc(F)ccc1NC(=O)c1cc2n(n1)CCCN(Cc1ccc(F)cc1)C2=O. The average molecular weight is 410 g/mol. The van der Waals surface area contributed by atoms with Crippen molar-refractivity contribution in [1.82, 2.24) is 14.7 Å². The first-order chi connectivity index (χ1) is 14.4. The smallest absolute Gasteiger partial charge is 0.276 e. The number of nitrogens with one attached hydrogen (secondary N) is 1. The second-order valence-corrected chi connectivity index (χ2v) is 7.26. The number of carbonyl (C=O) groups excluding carboxylic acids is 2. The first-order valence-electron chi connectivity index (χ1n) is 9.60. The lowest BCUT2D eigenvalue weighted by molar-refractivity contribution is 0.0745. The number of carbonyl (C=O) groups is 2. The van der Waals surface area contributed by atoms with Crippen molar-refractivity contribution in [2.24, 2.45) is 0 Å². The average Bonchev–Trinajstić information content (AvgIpc) is 3.09. The van der Waals surface area contributed by atoms with Crippen molar-refractivity contribution in [1.29, 1.82) is 0 Å². The molecule has 1 aliphatic heterocycles. The van der Waals surface area contributed by atoms with Crippen LogP contribution in [0, 0.1) is 18.6 Å². The first kappa shape index (κ1) is 19.8. The number of benzene rings is 2. The van der Waals surface area contributed by atoms with Gasteiger partial charge in [-0.3, -0.25) is 14.3 Å². The molecule has 1 aromatic heterocycles. The quantitative estimate of drug-likeness (QED) is 0.712. The van der Waals surface area contributed by atoms with Crippen molar-refractivity contribution in [2.75, 3.05) is 11.9 Å². The Morgan fingerprint density at radius 1 is 1.07 bits per heavy atom. The van der Waals surface area contributed by atoms with E-state index in [1.54, 1.807) is 28.6 Å². The molecule has 0 fully saturated rings. The molecule has 1 aliphatic rings. The van der Waals surface area contributed by atoms with Crippen LogP contribution in [-0.2, 0) is 13.1 Å². The molecule has 8 heteroatoms. The summed E-state index contributed by atoms with van der Waals surface area (Å²) in [6.07, 6.45) is 0.680. The molecular formula is C22H20F2N4O2. The van der Waals surface area contributed by atoms with Gasteiger partial charge in [-0.05, 0) is 54.8 Å². The predicted octanol–water partition coefficient (Wildman–Crippen LogP) is 3.77. The third-order valence-corrected chi connectivity index (χ3v) is 5.04. The molecule has 0 atom stereocenters. The fraction of sp³-hybridized carbons (Fsp3) is 0.227. The van der Waals surface area contributed by atoms with E-state index >= 15 is 0 Å². The monoisotopic (exact) mass is 410 g/mol. The third kappa shape index (κ3) is 4.07. The number of fused-ring (bicyclic) bond motifs is 1. The summed E-state index contributed by atoms with van der Waals surface area (Å²) in [5.41, 5.74) is 2.34. The van der Waals surface area contributed by atoms with Crippen LogP contribution in [0.2, 0.25) is 0 Å². The van der Waals surface area contributed by atoms with Crippen molar-refractivity contribution >= 4 is 17.5 Å². The lowest BCUT2D eigenvalue weighted by Crippen LogP contribution is -2.30. The molecule has 0 spiro atoms. The molecular weight excluding hydrogens is 390 g/mol. The van der Waals surface area contributed by atoms with E-state index in [0.29, 0.717) is 43.0 Å². The number of aromatic nitrogens is 2. The Morgan fingerprint density at radius 2 is 1.80 bits per heavy atom. The number of nitrogens with zero attached hydrogens (tertiary/aromatic N) is 3. The van der Waals surface area contributed by atoms with Crippen molar-refractivity contribution in [3.63, 3.8) is 0 Å². The molecule has 0 bridgehead atoms. The fourth-order valence-corrected chi connectivity index (χ4v) is 3.46. The Hall–Kier alpha value is -3.55. The minimum atomic E-state index is -0.469. The van der Waals surface area contributed by atoms with Gasteiger partial charge in [0.2, 0.25) is 0 Å². The molecule has 30 heavy (non-hydrogen) atoms. The van der Waals surface area contributed by atoms with E-state index in [9.17, 15) is 18.4 Å². The van der Waals surface area contributed by atoms with Gasteiger partial charge in [-0.15, -0.1) is 0 Å². The lowest BCUT2D eigenvalue weighted by atomic mass is 10.2. The number of rotatable bonds is 4. The van der Waals surface area contributed by atoms with Gasteiger partial charge in [0, 0.05) is 31.4 Å². The summed E-state index contributed by atoms with van der Waals surface area (Å²) in [7, 11) is 0. The van der Waals surface area contributed by atoms with Crippen LogP contribution in [0.25, 0.3) is 0 Å². The molecule has 1 N–H and O–H groups in total. The van der Waals surface area contributed by atoms with Gasteiger partial charge in [-0.1, -0.05) is 12.1 Å². The third-order valence-electron chi connectivity index (χ3n) is 5.04. The number of hydrogen-bond acceptors (Lipinski definition) is 3. The van der Waals surface area contributed by atoms with Gasteiger partial charge in [0.05, 0.1) is 0 Å². The van der Waals surface area contributed by atoms with Crippen LogP contribution in [0.5, 0.6) is 0 Å². The van der Waals surface area contributed by atoms with Crippen LogP contribution in [0.15, 0.2) is 48.5 Å². The van der Waals surface area contributed by atoms with Gasteiger partial charge in [-0.2, -0.15) is 5.10 Å². The normalized spacial score (nSPS) is 13.7. The highest BCUT2D eigenvalue weighted by Crippen LogP contribution is 2.19. The van der Waals surface area contributed by atoms with E-state index in [0.717, 1.165) is 5.56 Å². The molecule has 0 radical (unpaired) electrons. The topological polar surface area (TPSA) is 67.2 Å². The molecule has 2 amide bonds. The fourth-order valence-electron chi connectivity index (χ4n) is 3.46. The Bertz CT molecular complexity index is 1110. The van der Waals surface area contributed by atoms with Crippen LogP contribution in [-0.4, -0.2) is 33.0 Å². The number of halogens is 2. The van der Waals surface area contributed by atoms with E-state index < -0.39 is 5.91 Å². The molecule has 0 unspecified atom stereocenters. The van der Waals surface area contributed by atoms with E-state index in [1.165, 1.54) is 36.4 Å². The minimum Gasteiger partial charge on any atom is -0.333 e. The van der Waals surface area contributed by atoms with Gasteiger partial charge in [0.1, 0.15) is 17.3 Å². The van der Waals surface area contributed by atoms with E-state index in [-0.39, 0.29) is 23.2 Å². The summed E-state index contributed by atoms with van der Waals surface area (Å²) >= 11 is 0. The highest BCUT2D eigenvalue weighted by molar-refractivity contribution is 6.05. The molecule has 4 rings (SSSR count). The van der Waals surface area contributed by atoms with Gasteiger partial charge in [-0.25, -0.2) is 8.78 Å². The van der Waals surface area contributed by atoms with Crippen LogP contribution in [0.1, 0.15) is 38.5 Å². The zero-order valence-corrected chi connectivity index (χ0v) is 16.4. The standard InChI is InChI=1S/C22H20F2N4O2/c1-14-11-17(24)7-8-18(14)25-21(29)19-12-20-22(30)27(9-2-10-28(20)26-19)13-15-3-5-16(23)6-4-15/h3-8,11-12H,2,9-10,13H2,1H3,(H,25,29). The zero-order valence-electron chi connectivity index (χ0n) is 16.4. The maximum Gasteiger partial charge on any atom is 0.276 e. The predicted molar refractivity (Wildman–Crippen MR) is 107 cm³/mol. The second-order valence-electron chi connectivity index (χ2n) is 7.26. The Labute approximate surface area is 172 Å². The molecule has 154 valence electrons. The molecule has 0 saturated carbocycles. The zero-order chi connectivity index (χ0) is 21.3. The first-order valence-corrected chi connectivity index (χ1v) is 9.60. The summed E-state index contributed by atoms with van der Waals surface area (Å²) in [6.45, 7) is 3.08. The highest BCUT2D eigenvalue weighted by Gasteiger charge is 2.26. The molecule has 2 aromatic carbocycles.